The van der Waals surface area contributed by atoms with E-state index >= 15 is 0 Å². The number of amides is 1. The first-order chi connectivity index (χ1) is 14.1. The van der Waals surface area contributed by atoms with Crippen LogP contribution in [0.25, 0.3) is 0 Å². The Kier molecular flexibility index (Phi) is 5.91. The van der Waals surface area contributed by atoms with E-state index in [-0.39, 0.29) is 11.6 Å². The van der Waals surface area contributed by atoms with Crippen LogP contribution < -0.4 is 0 Å². The average Bonchev–Trinajstić information content (AvgIpc) is 3.61. The molecule has 1 unspecified atom stereocenters. The number of carbonyl (C=O) groups is 1. The van der Waals surface area contributed by atoms with Crippen LogP contribution in [0.5, 0.6) is 0 Å². The van der Waals surface area contributed by atoms with Crippen LogP contribution in [0.3, 0.4) is 0 Å². The van der Waals surface area contributed by atoms with Gasteiger partial charge in [0.25, 0.3) is 0 Å². The zero-order valence-corrected chi connectivity index (χ0v) is 20.2. The fourth-order valence-corrected chi connectivity index (χ4v) is 5.54. The lowest BCUT2D eigenvalue weighted by Crippen LogP contribution is -2.59. The summed E-state index contributed by atoms with van der Waals surface area (Å²) in [4.78, 5) is 22.9. The van der Waals surface area contributed by atoms with Crippen molar-refractivity contribution in [3.63, 3.8) is 0 Å². The minimum atomic E-state index is -0.416. The predicted octanol–water partition coefficient (Wildman–Crippen LogP) is 3.41. The Morgan fingerprint density at radius 1 is 0.933 bits per heavy atom. The van der Waals surface area contributed by atoms with Gasteiger partial charge in [-0.3, -0.25) is 19.6 Å². The molecular formula is C24H44N4O2. The molecule has 4 rings (SSSR count). The molecule has 2 spiro atoms. The van der Waals surface area contributed by atoms with Gasteiger partial charge in [0, 0.05) is 56.9 Å². The first-order valence-corrected chi connectivity index (χ1v) is 12.3. The van der Waals surface area contributed by atoms with Crippen molar-refractivity contribution in [3.05, 3.63) is 0 Å². The second kappa shape index (κ2) is 7.93. The van der Waals surface area contributed by atoms with Crippen molar-refractivity contribution in [1.29, 1.82) is 0 Å². The number of ether oxygens (including phenoxy) is 1. The van der Waals surface area contributed by atoms with E-state index in [1.165, 1.54) is 25.9 Å². The van der Waals surface area contributed by atoms with E-state index in [1.807, 2.05) is 4.90 Å². The van der Waals surface area contributed by atoms with Gasteiger partial charge in [0.2, 0.25) is 0 Å². The number of hydrogen-bond acceptors (Lipinski definition) is 5. The van der Waals surface area contributed by atoms with Crippen molar-refractivity contribution in [2.75, 3.05) is 46.3 Å². The Labute approximate surface area is 183 Å². The van der Waals surface area contributed by atoms with Gasteiger partial charge in [0.15, 0.2) is 0 Å². The van der Waals surface area contributed by atoms with Gasteiger partial charge in [-0.2, -0.15) is 0 Å². The third kappa shape index (κ3) is 4.51. The van der Waals surface area contributed by atoms with E-state index in [4.69, 9.17) is 4.74 Å². The van der Waals surface area contributed by atoms with E-state index < -0.39 is 5.60 Å². The van der Waals surface area contributed by atoms with Gasteiger partial charge in [0.05, 0.1) is 5.54 Å². The molecule has 2 aliphatic carbocycles. The molecule has 6 nitrogen and oxygen atoms in total. The standard InChI is InChI=1S/C24H44N4O2/c1-19(2)26-15-16-28(24(18-26)11-12-24)21(29)30-22(4,5)8-7-20(3)27-14-13-25(6)23(17-27)9-10-23/h19-20H,7-18H2,1-6H3. The highest BCUT2D eigenvalue weighted by Gasteiger charge is 2.54. The van der Waals surface area contributed by atoms with Crippen molar-refractivity contribution in [3.8, 4) is 0 Å². The van der Waals surface area contributed by atoms with Crippen LogP contribution in [-0.4, -0.2) is 101 Å². The lowest BCUT2D eigenvalue weighted by Gasteiger charge is -2.44. The Hall–Kier alpha value is -0.850. The second-order valence-electron chi connectivity index (χ2n) is 11.6. The van der Waals surface area contributed by atoms with E-state index in [2.05, 4.69) is 56.4 Å². The van der Waals surface area contributed by atoms with Gasteiger partial charge in [-0.05, 0) is 80.2 Å². The summed E-state index contributed by atoms with van der Waals surface area (Å²) in [5, 5.41) is 0. The predicted molar refractivity (Wildman–Crippen MR) is 121 cm³/mol. The van der Waals surface area contributed by atoms with Crippen molar-refractivity contribution in [2.45, 2.75) is 102 Å². The van der Waals surface area contributed by atoms with Gasteiger partial charge < -0.3 is 4.74 Å². The smallest absolute Gasteiger partial charge is 0.410 e. The molecule has 2 heterocycles. The molecule has 0 aromatic carbocycles. The Bertz CT molecular complexity index is 641. The van der Waals surface area contributed by atoms with Crippen LogP contribution in [0.2, 0.25) is 0 Å². The number of piperazine rings is 2. The second-order valence-corrected chi connectivity index (χ2v) is 11.6. The largest absolute Gasteiger partial charge is 0.443 e. The highest BCUT2D eigenvalue weighted by molar-refractivity contribution is 5.70. The van der Waals surface area contributed by atoms with Crippen LogP contribution in [0, 0.1) is 0 Å². The summed E-state index contributed by atoms with van der Waals surface area (Å²) in [5.74, 6) is 0. The highest BCUT2D eigenvalue weighted by Crippen LogP contribution is 2.46. The molecule has 0 radical (unpaired) electrons. The Balaban J connectivity index is 1.26. The molecule has 2 aliphatic heterocycles. The molecule has 1 amide bonds. The van der Waals surface area contributed by atoms with Crippen molar-refractivity contribution in [2.24, 2.45) is 0 Å². The number of hydrogen-bond donors (Lipinski definition) is 0. The summed E-state index contributed by atoms with van der Waals surface area (Å²) in [6.45, 7) is 17.3. The normalized spacial score (nSPS) is 27.6. The molecular weight excluding hydrogens is 376 g/mol. The fraction of sp³-hybridized carbons (Fsp3) is 0.958. The molecule has 6 heteroatoms. The zero-order valence-electron chi connectivity index (χ0n) is 20.2. The van der Waals surface area contributed by atoms with E-state index in [0.29, 0.717) is 17.6 Å². The van der Waals surface area contributed by atoms with E-state index in [1.54, 1.807) is 0 Å². The van der Waals surface area contributed by atoms with Gasteiger partial charge in [-0.15, -0.1) is 0 Å². The maximum atomic E-state index is 13.1. The molecule has 30 heavy (non-hydrogen) atoms. The third-order valence-electron chi connectivity index (χ3n) is 8.47. The lowest BCUT2D eigenvalue weighted by atomic mass is 9.97. The molecule has 2 saturated carbocycles. The first kappa shape index (κ1) is 22.3. The molecule has 172 valence electrons. The maximum absolute atomic E-state index is 13.1. The monoisotopic (exact) mass is 420 g/mol. The molecule has 4 fully saturated rings. The average molecular weight is 421 g/mol. The quantitative estimate of drug-likeness (QED) is 0.658. The number of nitrogens with zero attached hydrogens (tertiary/aromatic N) is 4. The summed E-state index contributed by atoms with van der Waals surface area (Å²) >= 11 is 0. The molecule has 2 saturated heterocycles. The number of carbonyl (C=O) groups excluding carboxylic acids is 1. The number of rotatable bonds is 6. The van der Waals surface area contributed by atoms with Gasteiger partial charge >= 0.3 is 6.09 Å². The zero-order chi connectivity index (χ0) is 21.7. The molecule has 4 aliphatic rings. The summed E-state index contributed by atoms with van der Waals surface area (Å²) < 4.78 is 6.10. The van der Waals surface area contributed by atoms with Gasteiger partial charge in [-0.1, -0.05) is 0 Å². The van der Waals surface area contributed by atoms with Crippen LogP contribution in [-0.2, 0) is 4.74 Å². The minimum Gasteiger partial charge on any atom is -0.443 e. The highest BCUT2D eigenvalue weighted by atomic mass is 16.6. The SMILES string of the molecule is CC(C)N1CCN(C(=O)OC(C)(C)CCC(C)N2CCN(C)C3(CC3)C2)C2(CC2)C1. The summed E-state index contributed by atoms with van der Waals surface area (Å²) in [7, 11) is 2.28. The minimum absolute atomic E-state index is 0.0430. The van der Waals surface area contributed by atoms with Crippen LogP contribution in [0.15, 0.2) is 0 Å². The van der Waals surface area contributed by atoms with Crippen LogP contribution in [0.1, 0.15) is 73.1 Å². The summed E-state index contributed by atoms with van der Waals surface area (Å²) in [6, 6.07) is 1.08. The fourth-order valence-electron chi connectivity index (χ4n) is 5.54. The third-order valence-corrected chi connectivity index (χ3v) is 8.47. The molecule has 0 bridgehead atoms. The van der Waals surface area contributed by atoms with Crippen molar-refractivity contribution >= 4 is 6.09 Å². The number of likely N-dealkylation sites (N-methyl/N-ethyl adjacent to an activating group) is 1. The van der Waals surface area contributed by atoms with Crippen molar-refractivity contribution in [1.82, 2.24) is 19.6 Å². The molecule has 0 aromatic rings. The Morgan fingerprint density at radius 3 is 2.13 bits per heavy atom. The maximum Gasteiger partial charge on any atom is 0.410 e. The van der Waals surface area contributed by atoms with Gasteiger partial charge in [0.1, 0.15) is 5.60 Å². The topological polar surface area (TPSA) is 39.3 Å². The molecule has 0 N–H and O–H groups in total. The van der Waals surface area contributed by atoms with E-state index in [0.717, 1.165) is 51.9 Å². The van der Waals surface area contributed by atoms with Crippen molar-refractivity contribution < 1.29 is 9.53 Å². The summed E-state index contributed by atoms with van der Waals surface area (Å²) in [5.41, 5.74) is 0.0903. The molecule has 0 aromatic heterocycles. The van der Waals surface area contributed by atoms with Crippen LogP contribution >= 0.6 is 0 Å². The van der Waals surface area contributed by atoms with Gasteiger partial charge in [-0.25, -0.2) is 4.79 Å². The van der Waals surface area contributed by atoms with Crippen LogP contribution in [0.4, 0.5) is 4.79 Å². The lowest BCUT2D eigenvalue weighted by molar-refractivity contribution is -0.0265. The first-order valence-electron chi connectivity index (χ1n) is 12.3. The molecule has 1 atom stereocenters. The van der Waals surface area contributed by atoms with E-state index in [9.17, 15) is 4.79 Å². The summed E-state index contributed by atoms with van der Waals surface area (Å²) in [6.07, 6.45) is 6.83. The Morgan fingerprint density at radius 2 is 1.53 bits per heavy atom.